The van der Waals surface area contributed by atoms with Crippen LogP contribution in [0.5, 0.6) is 11.5 Å². The maximum absolute atomic E-state index is 5.39. The lowest BCUT2D eigenvalue weighted by atomic mass is 10.1. The summed E-state index contributed by atoms with van der Waals surface area (Å²) in [5.41, 5.74) is 2.54. The predicted molar refractivity (Wildman–Crippen MR) is 87.9 cm³/mol. The van der Waals surface area contributed by atoms with Gasteiger partial charge in [0.2, 0.25) is 0 Å². The van der Waals surface area contributed by atoms with Crippen molar-refractivity contribution in [1.29, 1.82) is 0 Å². The highest BCUT2D eigenvalue weighted by Gasteiger charge is 2.05. The third-order valence-electron chi connectivity index (χ3n) is 3.40. The number of halogens is 1. The molecule has 21 heavy (non-hydrogen) atoms. The standard InChI is InChI=1S/C17H20BrNO2/c1-20-16-6-3-13(4-7-16)9-10-19-12-14-11-15(18)5-8-17(14)21-2/h3-8,11,19H,9-10,12H2,1-2H3/p+1. The number of rotatable bonds is 7. The van der Waals surface area contributed by atoms with E-state index < -0.39 is 0 Å². The van der Waals surface area contributed by atoms with Crippen molar-refractivity contribution >= 4 is 15.9 Å². The molecule has 0 amide bonds. The Balaban J connectivity index is 1.82. The highest BCUT2D eigenvalue weighted by molar-refractivity contribution is 9.10. The molecule has 0 aliphatic heterocycles. The molecular formula is C17H21BrNO2+. The summed E-state index contributed by atoms with van der Waals surface area (Å²) in [5.74, 6) is 1.85. The molecule has 0 aliphatic rings. The van der Waals surface area contributed by atoms with E-state index in [-0.39, 0.29) is 0 Å². The van der Waals surface area contributed by atoms with Gasteiger partial charge in [0.1, 0.15) is 18.0 Å². The smallest absolute Gasteiger partial charge is 0.127 e. The van der Waals surface area contributed by atoms with Crippen LogP contribution in [0.15, 0.2) is 46.9 Å². The van der Waals surface area contributed by atoms with Crippen LogP contribution in [0.4, 0.5) is 0 Å². The van der Waals surface area contributed by atoms with Crippen LogP contribution in [-0.2, 0) is 13.0 Å². The SMILES string of the molecule is COc1ccc(CC[NH2+]Cc2cc(Br)ccc2OC)cc1. The molecule has 2 aromatic rings. The summed E-state index contributed by atoms with van der Waals surface area (Å²) in [6.07, 6.45) is 1.04. The van der Waals surface area contributed by atoms with Crippen LogP contribution >= 0.6 is 15.9 Å². The highest BCUT2D eigenvalue weighted by Crippen LogP contribution is 2.21. The van der Waals surface area contributed by atoms with Gasteiger partial charge in [-0.25, -0.2) is 0 Å². The molecule has 4 heteroatoms. The fourth-order valence-corrected chi connectivity index (χ4v) is 2.63. The zero-order valence-electron chi connectivity index (χ0n) is 12.4. The van der Waals surface area contributed by atoms with Crippen molar-refractivity contribution in [2.45, 2.75) is 13.0 Å². The summed E-state index contributed by atoms with van der Waals surface area (Å²) in [7, 11) is 3.40. The molecule has 3 nitrogen and oxygen atoms in total. The molecule has 0 aromatic heterocycles. The van der Waals surface area contributed by atoms with Gasteiger partial charge in [-0.15, -0.1) is 0 Å². The normalized spacial score (nSPS) is 10.4. The van der Waals surface area contributed by atoms with Crippen molar-refractivity contribution in [2.75, 3.05) is 20.8 Å². The van der Waals surface area contributed by atoms with Crippen molar-refractivity contribution < 1.29 is 14.8 Å². The van der Waals surface area contributed by atoms with E-state index >= 15 is 0 Å². The fraction of sp³-hybridized carbons (Fsp3) is 0.294. The highest BCUT2D eigenvalue weighted by atomic mass is 79.9. The molecule has 0 saturated heterocycles. The Hall–Kier alpha value is -1.52. The second-order valence-electron chi connectivity index (χ2n) is 4.84. The Bertz CT molecular complexity index is 570. The molecule has 0 radical (unpaired) electrons. The molecule has 0 atom stereocenters. The molecule has 2 N–H and O–H groups in total. The van der Waals surface area contributed by atoms with E-state index in [9.17, 15) is 0 Å². The van der Waals surface area contributed by atoms with Gasteiger partial charge < -0.3 is 14.8 Å². The minimum absolute atomic E-state index is 0.904. The van der Waals surface area contributed by atoms with Crippen LogP contribution in [0.1, 0.15) is 11.1 Å². The van der Waals surface area contributed by atoms with E-state index in [1.54, 1.807) is 14.2 Å². The van der Waals surface area contributed by atoms with Crippen LogP contribution in [-0.4, -0.2) is 20.8 Å². The molecule has 0 heterocycles. The van der Waals surface area contributed by atoms with Crippen LogP contribution in [0.25, 0.3) is 0 Å². The Morgan fingerprint density at radius 1 is 1.00 bits per heavy atom. The molecule has 0 aliphatic carbocycles. The molecule has 0 unspecified atom stereocenters. The number of nitrogens with two attached hydrogens (primary N) is 1. The first-order valence-electron chi connectivity index (χ1n) is 7.00. The Labute approximate surface area is 134 Å². The average Bonchev–Trinajstić information content (AvgIpc) is 2.52. The summed E-state index contributed by atoms with van der Waals surface area (Å²) in [6.45, 7) is 1.96. The average molecular weight is 351 g/mol. The molecule has 2 aromatic carbocycles. The zero-order valence-corrected chi connectivity index (χ0v) is 14.0. The summed E-state index contributed by atoms with van der Waals surface area (Å²) in [5, 5.41) is 2.30. The van der Waals surface area contributed by atoms with Crippen molar-refractivity contribution in [3.05, 3.63) is 58.1 Å². The quantitative estimate of drug-likeness (QED) is 0.779. The number of methoxy groups -OCH3 is 2. The minimum atomic E-state index is 0.904. The number of hydrogen-bond acceptors (Lipinski definition) is 2. The molecule has 0 bridgehead atoms. The maximum atomic E-state index is 5.39. The van der Waals surface area contributed by atoms with Gasteiger partial charge in [-0.2, -0.15) is 0 Å². The van der Waals surface area contributed by atoms with Gasteiger partial charge in [0.25, 0.3) is 0 Å². The van der Waals surface area contributed by atoms with Gasteiger partial charge in [-0.3, -0.25) is 0 Å². The van der Waals surface area contributed by atoms with Gasteiger partial charge in [0.05, 0.1) is 20.8 Å². The van der Waals surface area contributed by atoms with Gasteiger partial charge in [0.15, 0.2) is 0 Å². The maximum Gasteiger partial charge on any atom is 0.127 e. The Kier molecular flexibility index (Phi) is 6.08. The number of quaternary nitrogens is 1. The van der Waals surface area contributed by atoms with E-state index in [0.29, 0.717) is 0 Å². The molecular weight excluding hydrogens is 330 g/mol. The van der Waals surface area contributed by atoms with E-state index in [1.807, 2.05) is 24.3 Å². The van der Waals surface area contributed by atoms with Crippen LogP contribution < -0.4 is 14.8 Å². The van der Waals surface area contributed by atoms with Crippen molar-refractivity contribution in [2.24, 2.45) is 0 Å². The van der Waals surface area contributed by atoms with Crippen molar-refractivity contribution in [3.8, 4) is 11.5 Å². The largest absolute Gasteiger partial charge is 0.497 e. The molecule has 0 spiro atoms. The topological polar surface area (TPSA) is 35.1 Å². The lowest BCUT2D eigenvalue weighted by Crippen LogP contribution is -2.83. The third-order valence-corrected chi connectivity index (χ3v) is 3.90. The fourth-order valence-electron chi connectivity index (χ4n) is 2.23. The van der Waals surface area contributed by atoms with Crippen LogP contribution in [0.3, 0.4) is 0 Å². The van der Waals surface area contributed by atoms with Crippen LogP contribution in [0.2, 0.25) is 0 Å². The second-order valence-corrected chi connectivity index (χ2v) is 5.75. The minimum Gasteiger partial charge on any atom is -0.497 e. The molecule has 112 valence electrons. The Morgan fingerprint density at radius 2 is 1.76 bits per heavy atom. The molecule has 0 fully saturated rings. The summed E-state index contributed by atoms with van der Waals surface area (Å²) in [4.78, 5) is 0. The predicted octanol–water partition coefficient (Wildman–Crippen LogP) is 2.77. The zero-order chi connectivity index (χ0) is 15.1. The van der Waals surface area contributed by atoms with Crippen molar-refractivity contribution in [1.82, 2.24) is 0 Å². The summed E-state index contributed by atoms with van der Waals surface area (Å²) < 4.78 is 11.6. The second kappa shape index (κ2) is 8.05. The van der Waals surface area contributed by atoms with E-state index in [2.05, 4.69) is 39.4 Å². The van der Waals surface area contributed by atoms with Gasteiger partial charge in [0, 0.05) is 16.5 Å². The van der Waals surface area contributed by atoms with Gasteiger partial charge >= 0.3 is 0 Å². The first kappa shape index (κ1) is 15.9. The molecule has 0 saturated carbocycles. The van der Waals surface area contributed by atoms with E-state index in [4.69, 9.17) is 9.47 Å². The number of ether oxygens (including phenoxy) is 2. The third kappa shape index (κ3) is 4.76. The van der Waals surface area contributed by atoms with E-state index in [0.717, 1.165) is 35.5 Å². The lowest BCUT2D eigenvalue weighted by Gasteiger charge is -2.08. The Morgan fingerprint density at radius 3 is 2.43 bits per heavy atom. The summed E-state index contributed by atoms with van der Waals surface area (Å²) in [6, 6.07) is 14.4. The number of hydrogen-bond donors (Lipinski definition) is 1. The van der Waals surface area contributed by atoms with Crippen molar-refractivity contribution in [3.63, 3.8) is 0 Å². The van der Waals surface area contributed by atoms with E-state index in [1.165, 1.54) is 11.1 Å². The molecule has 2 rings (SSSR count). The first-order chi connectivity index (χ1) is 10.2. The first-order valence-corrected chi connectivity index (χ1v) is 7.79. The van der Waals surface area contributed by atoms with Gasteiger partial charge in [-0.05, 0) is 35.9 Å². The number of benzene rings is 2. The lowest BCUT2D eigenvalue weighted by molar-refractivity contribution is -0.670. The monoisotopic (exact) mass is 350 g/mol. The van der Waals surface area contributed by atoms with Gasteiger partial charge in [-0.1, -0.05) is 28.1 Å². The van der Waals surface area contributed by atoms with Crippen LogP contribution in [0, 0.1) is 0 Å². The summed E-state index contributed by atoms with van der Waals surface area (Å²) >= 11 is 3.50.